The average Bonchev–Trinajstić information content (AvgIpc) is 3.35. The molecular formula is C23H20Cl2N4O3. The van der Waals surface area contributed by atoms with Gasteiger partial charge in [-0.05, 0) is 43.7 Å². The SMILES string of the molecule is Cc1noc(C)c1COc1cccc(C(=O)Nc2ccnn2Cc2cccc(Cl)c2Cl)c1. The Bertz CT molecular complexity index is 1250. The fourth-order valence-electron chi connectivity index (χ4n) is 3.18. The van der Waals surface area contributed by atoms with Crippen LogP contribution in [0.2, 0.25) is 10.0 Å². The molecule has 0 unspecified atom stereocenters. The summed E-state index contributed by atoms with van der Waals surface area (Å²) >= 11 is 12.4. The maximum atomic E-state index is 12.9. The van der Waals surface area contributed by atoms with Gasteiger partial charge in [-0.25, -0.2) is 4.68 Å². The predicted octanol–water partition coefficient (Wildman–Crippen LogP) is 5.67. The lowest BCUT2D eigenvalue weighted by atomic mass is 10.2. The number of nitrogens with zero attached hydrogens (tertiary/aromatic N) is 3. The van der Waals surface area contributed by atoms with Gasteiger partial charge >= 0.3 is 0 Å². The summed E-state index contributed by atoms with van der Waals surface area (Å²) in [6.07, 6.45) is 1.61. The van der Waals surface area contributed by atoms with Gasteiger partial charge in [-0.2, -0.15) is 5.10 Å². The van der Waals surface area contributed by atoms with Gasteiger partial charge in [0.05, 0.1) is 34.0 Å². The number of carbonyl (C=O) groups is 1. The Morgan fingerprint density at radius 3 is 2.75 bits per heavy atom. The van der Waals surface area contributed by atoms with Crippen LogP contribution < -0.4 is 10.1 Å². The Morgan fingerprint density at radius 2 is 1.97 bits per heavy atom. The van der Waals surface area contributed by atoms with Crippen molar-refractivity contribution in [3.63, 3.8) is 0 Å². The lowest BCUT2D eigenvalue weighted by Crippen LogP contribution is -2.16. The smallest absolute Gasteiger partial charge is 0.256 e. The predicted molar refractivity (Wildman–Crippen MR) is 122 cm³/mol. The van der Waals surface area contributed by atoms with E-state index in [0.29, 0.717) is 46.1 Å². The summed E-state index contributed by atoms with van der Waals surface area (Å²) in [7, 11) is 0. The first-order chi connectivity index (χ1) is 15.4. The van der Waals surface area contributed by atoms with Gasteiger partial charge in [0.2, 0.25) is 0 Å². The number of hydrogen-bond donors (Lipinski definition) is 1. The minimum atomic E-state index is -0.285. The standard InChI is InChI=1S/C23H20Cl2N4O3/c1-14-19(15(2)32-28-14)13-31-18-7-3-5-16(11-18)23(30)27-21-9-10-26-29(21)12-17-6-4-8-20(24)22(17)25/h3-11H,12-13H2,1-2H3,(H,27,30). The first kappa shape index (κ1) is 21.9. The minimum Gasteiger partial charge on any atom is -0.489 e. The number of anilines is 1. The van der Waals surface area contributed by atoms with Crippen LogP contribution >= 0.6 is 23.2 Å². The normalized spacial score (nSPS) is 10.9. The number of ether oxygens (including phenoxy) is 1. The fourth-order valence-corrected chi connectivity index (χ4v) is 3.56. The number of benzene rings is 2. The van der Waals surface area contributed by atoms with E-state index in [0.717, 1.165) is 16.8 Å². The number of aryl methyl sites for hydroxylation is 2. The van der Waals surface area contributed by atoms with E-state index < -0.39 is 0 Å². The van der Waals surface area contributed by atoms with Gasteiger partial charge in [0.15, 0.2) is 0 Å². The molecule has 0 saturated carbocycles. The zero-order chi connectivity index (χ0) is 22.7. The third kappa shape index (κ3) is 4.79. The summed E-state index contributed by atoms with van der Waals surface area (Å²) in [6, 6.07) is 14.1. The summed E-state index contributed by atoms with van der Waals surface area (Å²) in [5, 5.41) is 12.0. The Balaban J connectivity index is 1.45. The van der Waals surface area contributed by atoms with Gasteiger partial charge in [0, 0.05) is 11.6 Å². The number of halogens is 2. The number of aromatic nitrogens is 3. The summed E-state index contributed by atoms with van der Waals surface area (Å²) in [5.74, 6) is 1.53. The summed E-state index contributed by atoms with van der Waals surface area (Å²) < 4.78 is 12.6. The van der Waals surface area contributed by atoms with Gasteiger partial charge in [-0.3, -0.25) is 4.79 Å². The zero-order valence-corrected chi connectivity index (χ0v) is 18.9. The molecule has 2 heterocycles. The number of rotatable bonds is 7. The van der Waals surface area contributed by atoms with Crippen LogP contribution in [0.5, 0.6) is 5.75 Å². The molecule has 164 valence electrons. The Kier molecular flexibility index (Phi) is 6.48. The Hall–Kier alpha value is -3.29. The van der Waals surface area contributed by atoms with Crippen LogP contribution in [0, 0.1) is 13.8 Å². The van der Waals surface area contributed by atoms with Crippen LogP contribution in [0.3, 0.4) is 0 Å². The van der Waals surface area contributed by atoms with E-state index in [1.54, 1.807) is 47.3 Å². The van der Waals surface area contributed by atoms with E-state index in [-0.39, 0.29) is 5.91 Å². The summed E-state index contributed by atoms with van der Waals surface area (Å²) in [5.41, 5.74) is 2.93. The van der Waals surface area contributed by atoms with Crippen LogP contribution in [-0.4, -0.2) is 20.8 Å². The molecule has 1 amide bonds. The zero-order valence-electron chi connectivity index (χ0n) is 17.4. The number of nitrogens with one attached hydrogen (secondary N) is 1. The lowest BCUT2D eigenvalue weighted by Gasteiger charge is -2.11. The number of amides is 1. The van der Waals surface area contributed by atoms with Gasteiger partial charge in [-0.1, -0.05) is 46.6 Å². The van der Waals surface area contributed by atoms with E-state index in [1.165, 1.54) is 0 Å². The highest BCUT2D eigenvalue weighted by molar-refractivity contribution is 6.42. The molecule has 0 aliphatic heterocycles. The topological polar surface area (TPSA) is 82.2 Å². The Labute approximate surface area is 194 Å². The Morgan fingerprint density at radius 1 is 1.16 bits per heavy atom. The second kappa shape index (κ2) is 9.46. The highest BCUT2D eigenvalue weighted by Crippen LogP contribution is 2.27. The molecule has 0 atom stereocenters. The van der Waals surface area contributed by atoms with Gasteiger partial charge in [0.25, 0.3) is 5.91 Å². The maximum absolute atomic E-state index is 12.9. The average molecular weight is 471 g/mol. The van der Waals surface area contributed by atoms with Crippen LogP contribution in [0.25, 0.3) is 0 Å². The third-order valence-corrected chi connectivity index (χ3v) is 5.83. The van der Waals surface area contributed by atoms with Crippen molar-refractivity contribution in [2.75, 3.05) is 5.32 Å². The molecule has 9 heteroatoms. The molecule has 2 aromatic carbocycles. The van der Waals surface area contributed by atoms with Crippen molar-refractivity contribution in [3.8, 4) is 5.75 Å². The molecule has 2 aromatic heterocycles. The van der Waals surface area contributed by atoms with Gasteiger partial charge < -0.3 is 14.6 Å². The van der Waals surface area contributed by atoms with Crippen molar-refractivity contribution in [3.05, 3.63) is 92.9 Å². The lowest BCUT2D eigenvalue weighted by molar-refractivity contribution is 0.102. The molecule has 7 nitrogen and oxygen atoms in total. The summed E-state index contributed by atoms with van der Waals surface area (Å²) in [4.78, 5) is 12.9. The molecule has 4 aromatic rings. The molecule has 0 fully saturated rings. The second-order valence-corrected chi connectivity index (χ2v) is 7.95. The van der Waals surface area contributed by atoms with Crippen molar-refractivity contribution in [1.82, 2.24) is 14.9 Å². The molecule has 0 radical (unpaired) electrons. The third-order valence-electron chi connectivity index (χ3n) is 4.97. The van der Waals surface area contributed by atoms with E-state index in [9.17, 15) is 4.79 Å². The first-order valence-corrected chi connectivity index (χ1v) is 10.6. The molecule has 4 rings (SSSR count). The molecule has 0 saturated heterocycles. The largest absolute Gasteiger partial charge is 0.489 e. The summed E-state index contributed by atoms with van der Waals surface area (Å²) in [6.45, 7) is 4.36. The fraction of sp³-hybridized carbons (Fsp3) is 0.174. The second-order valence-electron chi connectivity index (χ2n) is 7.16. The first-order valence-electron chi connectivity index (χ1n) is 9.83. The number of carbonyl (C=O) groups excluding carboxylic acids is 1. The van der Waals surface area contributed by atoms with Crippen LogP contribution in [0.15, 0.2) is 59.3 Å². The minimum absolute atomic E-state index is 0.285. The van der Waals surface area contributed by atoms with Crippen molar-refractivity contribution < 1.29 is 14.1 Å². The maximum Gasteiger partial charge on any atom is 0.256 e. The van der Waals surface area contributed by atoms with Crippen molar-refractivity contribution in [2.45, 2.75) is 27.0 Å². The molecule has 0 spiro atoms. The molecule has 0 aliphatic rings. The molecule has 32 heavy (non-hydrogen) atoms. The van der Waals surface area contributed by atoms with Crippen molar-refractivity contribution in [1.29, 1.82) is 0 Å². The van der Waals surface area contributed by atoms with E-state index in [4.69, 9.17) is 32.5 Å². The van der Waals surface area contributed by atoms with Crippen LogP contribution in [0.1, 0.15) is 32.9 Å². The monoisotopic (exact) mass is 470 g/mol. The molecule has 1 N–H and O–H groups in total. The quantitative estimate of drug-likeness (QED) is 0.375. The highest BCUT2D eigenvalue weighted by Gasteiger charge is 2.14. The number of hydrogen-bond acceptors (Lipinski definition) is 5. The van der Waals surface area contributed by atoms with Gasteiger partial charge in [0.1, 0.15) is 23.9 Å². The van der Waals surface area contributed by atoms with Crippen molar-refractivity contribution >= 4 is 34.9 Å². The van der Waals surface area contributed by atoms with E-state index in [1.807, 2.05) is 26.0 Å². The molecular weight excluding hydrogens is 451 g/mol. The molecule has 0 bridgehead atoms. The van der Waals surface area contributed by atoms with Crippen LogP contribution in [0.4, 0.5) is 5.82 Å². The van der Waals surface area contributed by atoms with Gasteiger partial charge in [-0.15, -0.1) is 0 Å². The van der Waals surface area contributed by atoms with E-state index in [2.05, 4.69) is 15.6 Å². The molecule has 0 aliphatic carbocycles. The highest BCUT2D eigenvalue weighted by atomic mass is 35.5. The van der Waals surface area contributed by atoms with E-state index >= 15 is 0 Å². The van der Waals surface area contributed by atoms with Crippen molar-refractivity contribution in [2.24, 2.45) is 0 Å². The van der Waals surface area contributed by atoms with Crippen LogP contribution in [-0.2, 0) is 13.2 Å².